The quantitative estimate of drug-likeness (QED) is 0.896. The summed E-state index contributed by atoms with van der Waals surface area (Å²) in [6.45, 7) is 7.19. The number of ether oxygens (including phenoxy) is 3. The van der Waals surface area contributed by atoms with Crippen molar-refractivity contribution in [2.24, 2.45) is 0 Å². The summed E-state index contributed by atoms with van der Waals surface area (Å²) >= 11 is 0. The second-order valence-electron chi connectivity index (χ2n) is 5.05. The van der Waals surface area contributed by atoms with Gasteiger partial charge in [-0.05, 0) is 44.5 Å². The van der Waals surface area contributed by atoms with Gasteiger partial charge in [-0.15, -0.1) is 0 Å². The van der Waals surface area contributed by atoms with E-state index in [1.807, 2.05) is 32.9 Å². The van der Waals surface area contributed by atoms with Crippen LogP contribution in [0.1, 0.15) is 19.4 Å². The molecule has 0 aliphatic carbocycles. The van der Waals surface area contributed by atoms with Crippen LogP contribution in [-0.2, 0) is 9.47 Å². The molecule has 1 aromatic carbocycles. The van der Waals surface area contributed by atoms with Crippen LogP contribution in [0.25, 0.3) is 0 Å². The van der Waals surface area contributed by atoms with E-state index in [0.717, 1.165) is 17.0 Å². The second kappa shape index (κ2) is 5.16. The Morgan fingerprint density at radius 3 is 2.50 bits per heavy atom. The zero-order valence-corrected chi connectivity index (χ0v) is 11.4. The summed E-state index contributed by atoms with van der Waals surface area (Å²) in [7, 11) is 1.68. The van der Waals surface area contributed by atoms with E-state index in [-0.39, 0.29) is 6.04 Å². The summed E-state index contributed by atoms with van der Waals surface area (Å²) < 4.78 is 16.5. The number of hydrogen-bond donors (Lipinski definition) is 1. The Hall–Kier alpha value is -1.26. The molecule has 1 aliphatic heterocycles. The number of rotatable bonds is 3. The van der Waals surface area contributed by atoms with E-state index in [2.05, 4.69) is 11.4 Å². The Labute approximate surface area is 108 Å². The molecule has 0 saturated carbocycles. The predicted molar refractivity (Wildman–Crippen MR) is 71.1 cm³/mol. The molecule has 0 bridgehead atoms. The summed E-state index contributed by atoms with van der Waals surface area (Å²) in [5.41, 5.74) is 2.17. The number of methoxy groups -OCH3 is 1. The van der Waals surface area contributed by atoms with Gasteiger partial charge in [0.25, 0.3) is 0 Å². The third-order valence-electron chi connectivity index (χ3n) is 3.03. The number of anilines is 1. The molecule has 1 heterocycles. The second-order valence-corrected chi connectivity index (χ2v) is 5.05. The van der Waals surface area contributed by atoms with Crippen molar-refractivity contribution >= 4 is 5.69 Å². The number of benzene rings is 1. The van der Waals surface area contributed by atoms with Crippen LogP contribution in [0.15, 0.2) is 18.2 Å². The predicted octanol–water partition coefficient (Wildman–Crippen LogP) is 2.57. The van der Waals surface area contributed by atoms with Gasteiger partial charge < -0.3 is 19.5 Å². The molecule has 0 aromatic heterocycles. The molecular formula is C14H21NO3. The van der Waals surface area contributed by atoms with Crippen LogP contribution in [0.2, 0.25) is 0 Å². The molecule has 2 rings (SSSR count). The molecule has 100 valence electrons. The Morgan fingerprint density at radius 2 is 1.94 bits per heavy atom. The van der Waals surface area contributed by atoms with Gasteiger partial charge in [0.1, 0.15) is 5.75 Å². The van der Waals surface area contributed by atoms with Crippen molar-refractivity contribution in [3.05, 3.63) is 23.8 Å². The van der Waals surface area contributed by atoms with Crippen LogP contribution in [0.4, 0.5) is 5.69 Å². The standard InChI is InChI=1S/C14H21NO3/c1-10-7-11(5-6-13(10)16-4)15-12-8-17-14(2,3)18-9-12/h5-7,12,15H,8-9H2,1-4H3. The zero-order valence-electron chi connectivity index (χ0n) is 11.4. The van der Waals surface area contributed by atoms with Crippen LogP contribution in [0.3, 0.4) is 0 Å². The lowest BCUT2D eigenvalue weighted by atomic mass is 10.2. The number of aryl methyl sites for hydroxylation is 1. The van der Waals surface area contributed by atoms with Gasteiger partial charge in [0.15, 0.2) is 5.79 Å². The fraction of sp³-hybridized carbons (Fsp3) is 0.571. The zero-order chi connectivity index (χ0) is 13.2. The molecule has 1 saturated heterocycles. The van der Waals surface area contributed by atoms with Gasteiger partial charge >= 0.3 is 0 Å². The monoisotopic (exact) mass is 251 g/mol. The first kappa shape index (κ1) is 13.2. The maximum Gasteiger partial charge on any atom is 0.162 e. The van der Waals surface area contributed by atoms with Gasteiger partial charge in [0.05, 0.1) is 26.4 Å². The van der Waals surface area contributed by atoms with E-state index in [1.165, 1.54) is 0 Å². The van der Waals surface area contributed by atoms with Crippen molar-refractivity contribution in [3.63, 3.8) is 0 Å². The Balaban J connectivity index is 1.96. The molecule has 4 nitrogen and oxygen atoms in total. The van der Waals surface area contributed by atoms with Crippen LogP contribution >= 0.6 is 0 Å². The van der Waals surface area contributed by atoms with Crippen LogP contribution < -0.4 is 10.1 Å². The van der Waals surface area contributed by atoms with Crippen LogP contribution in [0, 0.1) is 6.92 Å². The van der Waals surface area contributed by atoms with Crippen LogP contribution in [-0.4, -0.2) is 32.2 Å². The average Bonchev–Trinajstić information content (AvgIpc) is 2.32. The molecule has 0 radical (unpaired) electrons. The van der Waals surface area contributed by atoms with Gasteiger partial charge in [-0.1, -0.05) is 0 Å². The molecule has 0 atom stereocenters. The summed E-state index contributed by atoms with van der Waals surface area (Å²) in [4.78, 5) is 0. The Morgan fingerprint density at radius 1 is 1.28 bits per heavy atom. The van der Waals surface area contributed by atoms with Crippen LogP contribution in [0.5, 0.6) is 5.75 Å². The van der Waals surface area contributed by atoms with Crippen molar-refractivity contribution in [2.75, 3.05) is 25.6 Å². The maximum atomic E-state index is 5.62. The first-order valence-electron chi connectivity index (χ1n) is 6.19. The summed E-state index contributed by atoms with van der Waals surface area (Å²) in [6.07, 6.45) is 0. The average molecular weight is 251 g/mol. The lowest BCUT2D eigenvalue weighted by Gasteiger charge is -2.35. The number of nitrogens with one attached hydrogen (secondary N) is 1. The minimum absolute atomic E-state index is 0.186. The lowest BCUT2D eigenvalue weighted by molar-refractivity contribution is -0.247. The normalized spacial score (nSPS) is 19.6. The fourth-order valence-electron chi connectivity index (χ4n) is 1.98. The topological polar surface area (TPSA) is 39.7 Å². The Bertz CT molecular complexity index is 408. The molecular weight excluding hydrogens is 230 g/mol. The van der Waals surface area contributed by atoms with Crippen molar-refractivity contribution < 1.29 is 14.2 Å². The SMILES string of the molecule is COc1ccc(NC2COC(C)(C)OC2)cc1C. The van der Waals surface area contributed by atoms with Gasteiger partial charge in [0.2, 0.25) is 0 Å². The summed E-state index contributed by atoms with van der Waals surface area (Å²) in [6, 6.07) is 6.22. The van der Waals surface area contributed by atoms with Gasteiger partial charge in [0, 0.05) is 5.69 Å². The highest BCUT2D eigenvalue weighted by atomic mass is 16.7. The fourth-order valence-corrected chi connectivity index (χ4v) is 1.98. The minimum Gasteiger partial charge on any atom is -0.496 e. The largest absolute Gasteiger partial charge is 0.496 e. The third-order valence-corrected chi connectivity index (χ3v) is 3.03. The van der Waals surface area contributed by atoms with E-state index in [1.54, 1.807) is 7.11 Å². The van der Waals surface area contributed by atoms with Crippen molar-refractivity contribution in [1.82, 2.24) is 0 Å². The smallest absolute Gasteiger partial charge is 0.162 e. The van der Waals surface area contributed by atoms with E-state index >= 15 is 0 Å². The molecule has 0 amide bonds. The molecule has 1 N–H and O–H groups in total. The first-order chi connectivity index (χ1) is 8.50. The molecule has 1 aliphatic rings. The molecule has 1 fully saturated rings. The van der Waals surface area contributed by atoms with Gasteiger partial charge in [-0.25, -0.2) is 0 Å². The van der Waals surface area contributed by atoms with Gasteiger partial charge in [-0.3, -0.25) is 0 Å². The highest BCUT2D eigenvalue weighted by Crippen LogP contribution is 2.23. The molecule has 4 heteroatoms. The maximum absolute atomic E-state index is 5.62. The Kier molecular flexibility index (Phi) is 3.78. The third kappa shape index (κ3) is 3.15. The first-order valence-corrected chi connectivity index (χ1v) is 6.19. The van der Waals surface area contributed by atoms with E-state index in [0.29, 0.717) is 13.2 Å². The van der Waals surface area contributed by atoms with E-state index < -0.39 is 5.79 Å². The molecule has 0 spiro atoms. The van der Waals surface area contributed by atoms with Crippen molar-refractivity contribution in [1.29, 1.82) is 0 Å². The minimum atomic E-state index is -0.464. The number of hydrogen-bond acceptors (Lipinski definition) is 4. The molecule has 0 unspecified atom stereocenters. The van der Waals surface area contributed by atoms with Crippen molar-refractivity contribution in [3.8, 4) is 5.75 Å². The van der Waals surface area contributed by atoms with E-state index in [4.69, 9.17) is 14.2 Å². The lowest BCUT2D eigenvalue weighted by Crippen LogP contribution is -2.45. The summed E-state index contributed by atoms with van der Waals surface area (Å²) in [5.74, 6) is 0.436. The highest BCUT2D eigenvalue weighted by molar-refractivity contribution is 5.51. The molecule has 18 heavy (non-hydrogen) atoms. The highest BCUT2D eigenvalue weighted by Gasteiger charge is 2.28. The van der Waals surface area contributed by atoms with Crippen molar-refractivity contribution in [2.45, 2.75) is 32.6 Å². The van der Waals surface area contributed by atoms with E-state index in [9.17, 15) is 0 Å². The van der Waals surface area contributed by atoms with Gasteiger partial charge in [-0.2, -0.15) is 0 Å². The molecule has 1 aromatic rings. The summed E-state index contributed by atoms with van der Waals surface area (Å²) in [5, 5.41) is 3.41.